The first-order valence-corrected chi connectivity index (χ1v) is 7.01. The lowest BCUT2D eigenvalue weighted by molar-refractivity contribution is -0.114. The summed E-state index contributed by atoms with van der Waals surface area (Å²) in [5.74, 6) is -1.17. The second kappa shape index (κ2) is 7.31. The van der Waals surface area contributed by atoms with Crippen LogP contribution in [-0.4, -0.2) is 28.7 Å². The molecule has 0 radical (unpaired) electrons. The zero-order valence-electron chi connectivity index (χ0n) is 12.8. The number of anilines is 1. The summed E-state index contributed by atoms with van der Waals surface area (Å²) in [6.45, 7) is 2.91. The van der Waals surface area contributed by atoms with E-state index in [2.05, 4.69) is 10.3 Å². The van der Waals surface area contributed by atoms with Crippen LogP contribution >= 0.6 is 0 Å². The summed E-state index contributed by atoms with van der Waals surface area (Å²) in [4.78, 5) is 39.0. The Bertz CT molecular complexity index is 711. The minimum atomic E-state index is -0.934. The van der Waals surface area contributed by atoms with Crippen molar-refractivity contribution in [3.8, 4) is 0 Å². The fourth-order valence-corrected chi connectivity index (χ4v) is 1.91. The van der Waals surface area contributed by atoms with Crippen LogP contribution in [-0.2, 0) is 9.53 Å². The third-order valence-corrected chi connectivity index (χ3v) is 3.02. The monoisotopic (exact) mass is 312 g/mol. The van der Waals surface area contributed by atoms with Crippen molar-refractivity contribution in [3.05, 3.63) is 59.9 Å². The summed E-state index contributed by atoms with van der Waals surface area (Å²) < 4.78 is 5.13. The lowest BCUT2D eigenvalue weighted by Crippen LogP contribution is -2.24. The number of benzene rings is 1. The third kappa shape index (κ3) is 4.47. The Hall–Kier alpha value is -3.02. The quantitative estimate of drug-likeness (QED) is 0.677. The lowest BCUT2D eigenvalue weighted by atomic mass is 10.1. The van der Waals surface area contributed by atoms with E-state index in [1.165, 1.54) is 26.1 Å². The normalized spacial score (nSPS) is 11.4. The van der Waals surface area contributed by atoms with Crippen LogP contribution in [0.15, 0.2) is 48.7 Å². The average molecular weight is 312 g/mol. The van der Waals surface area contributed by atoms with Gasteiger partial charge in [0.05, 0.1) is 0 Å². The molecule has 1 amide bonds. The minimum Gasteiger partial charge on any atom is -0.450 e. The number of nitrogens with zero attached hydrogens (tertiary/aromatic N) is 1. The number of hydrogen-bond donors (Lipinski definition) is 1. The van der Waals surface area contributed by atoms with Crippen LogP contribution in [0, 0.1) is 0 Å². The van der Waals surface area contributed by atoms with E-state index in [-0.39, 0.29) is 17.4 Å². The van der Waals surface area contributed by atoms with Crippen LogP contribution in [0.3, 0.4) is 0 Å². The number of nitrogens with one attached hydrogen (secondary N) is 1. The molecule has 1 atom stereocenters. The fourth-order valence-electron chi connectivity index (χ4n) is 1.91. The number of carbonyl (C=O) groups is 3. The predicted octanol–water partition coefficient (Wildman–Crippen LogP) is 2.47. The summed E-state index contributed by atoms with van der Waals surface area (Å²) in [6, 6.07) is 11.2. The summed E-state index contributed by atoms with van der Waals surface area (Å²) in [7, 11) is 0. The van der Waals surface area contributed by atoms with Crippen molar-refractivity contribution in [1.29, 1.82) is 0 Å². The zero-order valence-corrected chi connectivity index (χ0v) is 12.8. The first-order chi connectivity index (χ1) is 11.0. The number of ketones is 1. The minimum absolute atomic E-state index is 0.146. The average Bonchev–Trinajstić information content (AvgIpc) is 2.55. The van der Waals surface area contributed by atoms with E-state index in [0.29, 0.717) is 11.3 Å². The van der Waals surface area contributed by atoms with E-state index in [0.717, 1.165) is 0 Å². The molecule has 118 valence electrons. The number of aromatic nitrogens is 1. The molecule has 1 aromatic heterocycles. The van der Waals surface area contributed by atoms with Gasteiger partial charge in [-0.05, 0) is 43.3 Å². The van der Waals surface area contributed by atoms with E-state index < -0.39 is 12.1 Å². The van der Waals surface area contributed by atoms with Crippen LogP contribution < -0.4 is 5.32 Å². The summed E-state index contributed by atoms with van der Waals surface area (Å²) in [6.07, 6.45) is 0.542. The Morgan fingerprint density at radius 3 is 2.35 bits per heavy atom. The molecule has 6 nitrogen and oxygen atoms in total. The molecule has 0 aliphatic carbocycles. The first-order valence-electron chi connectivity index (χ1n) is 7.01. The number of hydrogen-bond acceptors (Lipinski definition) is 5. The second-order valence-electron chi connectivity index (χ2n) is 4.89. The highest BCUT2D eigenvalue weighted by molar-refractivity contribution is 6.01. The topological polar surface area (TPSA) is 85.4 Å². The van der Waals surface area contributed by atoms with Crippen molar-refractivity contribution in [2.24, 2.45) is 0 Å². The van der Waals surface area contributed by atoms with Crippen LogP contribution in [0.4, 0.5) is 5.69 Å². The van der Waals surface area contributed by atoms with Crippen molar-refractivity contribution < 1.29 is 19.1 Å². The largest absolute Gasteiger partial charge is 0.450 e. The number of pyridine rings is 1. The Kier molecular flexibility index (Phi) is 5.19. The van der Waals surface area contributed by atoms with Gasteiger partial charge in [0.2, 0.25) is 11.7 Å². The molecule has 0 saturated heterocycles. The number of esters is 1. The summed E-state index contributed by atoms with van der Waals surface area (Å²) >= 11 is 0. The first kappa shape index (κ1) is 16.4. The molecular formula is C17H16N2O4. The standard InChI is InChI=1S/C17H16N2O4/c1-11(23-17(22)15-5-3-4-10-18-15)16(21)13-6-8-14(9-7-13)19-12(2)20/h3-11H,1-2H3,(H,19,20)/t11-/m0/s1. The van der Waals surface area contributed by atoms with Crippen LogP contribution in [0.1, 0.15) is 34.7 Å². The molecule has 0 unspecified atom stereocenters. The van der Waals surface area contributed by atoms with Crippen molar-refractivity contribution in [2.45, 2.75) is 20.0 Å². The number of rotatable bonds is 5. The molecule has 0 spiro atoms. The molecule has 1 heterocycles. The smallest absolute Gasteiger partial charge is 0.357 e. The number of Topliss-reactive ketones (excluding diaryl/α,β-unsaturated/α-hetero) is 1. The van der Waals surface area contributed by atoms with Gasteiger partial charge < -0.3 is 10.1 Å². The molecule has 0 bridgehead atoms. The van der Waals surface area contributed by atoms with E-state index in [1.807, 2.05) is 0 Å². The highest BCUT2D eigenvalue weighted by Crippen LogP contribution is 2.13. The number of amides is 1. The maximum atomic E-state index is 12.3. The molecule has 2 aromatic rings. The van der Waals surface area contributed by atoms with Crippen LogP contribution in [0.25, 0.3) is 0 Å². The SMILES string of the molecule is CC(=O)Nc1ccc(C(=O)[C@H](C)OC(=O)c2ccccn2)cc1. The highest BCUT2D eigenvalue weighted by Gasteiger charge is 2.20. The molecule has 2 rings (SSSR count). The molecule has 0 aliphatic heterocycles. The zero-order chi connectivity index (χ0) is 16.8. The molecule has 1 N–H and O–H groups in total. The second-order valence-corrected chi connectivity index (χ2v) is 4.89. The van der Waals surface area contributed by atoms with Gasteiger partial charge in [-0.25, -0.2) is 9.78 Å². The maximum Gasteiger partial charge on any atom is 0.357 e. The molecular weight excluding hydrogens is 296 g/mol. The Labute approximate surface area is 133 Å². The Morgan fingerprint density at radius 1 is 1.09 bits per heavy atom. The molecule has 1 aromatic carbocycles. The lowest BCUT2D eigenvalue weighted by Gasteiger charge is -2.12. The maximum absolute atomic E-state index is 12.3. The predicted molar refractivity (Wildman–Crippen MR) is 84.2 cm³/mol. The fraction of sp³-hybridized carbons (Fsp3) is 0.176. The Morgan fingerprint density at radius 2 is 1.78 bits per heavy atom. The van der Waals surface area contributed by atoms with E-state index in [9.17, 15) is 14.4 Å². The van der Waals surface area contributed by atoms with E-state index >= 15 is 0 Å². The summed E-state index contributed by atoms with van der Waals surface area (Å²) in [5.41, 5.74) is 1.13. The van der Waals surface area contributed by atoms with Gasteiger partial charge in [0.25, 0.3) is 0 Å². The van der Waals surface area contributed by atoms with Crippen LogP contribution in [0.5, 0.6) is 0 Å². The molecule has 23 heavy (non-hydrogen) atoms. The van der Waals surface area contributed by atoms with E-state index in [4.69, 9.17) is 4.74 Å². The van der Waals surface area contributed by atoms with Gasteiger partial charge in [-0.15, -0.1) is 0 Å². The van der Waals surface area contributed by atoms with Gasteiger partial charge in [0, 0.05) is 24.4 Å². The molecule has 0 saturated carbocycles. The van der Waals surface area contributed by atoms with Crippen molar-refractivity contribution >= 4 is 23.3 Å². The Balaban J connectivity index is 2.02. The van der Waals surface area contributed by atoms with Gasteiger partial charge in [-0.3, -0.25) is 9.59 Å². The van der Waals surface area contributed by atoms with Gasteiger partial charge in [0.15, 0.2) is 6.10 Å². The molecule has 0 aliphatic rings. The summed E-state index contributed by atoms with van der Waals surface area (Å²) in [5, 5.41) is 2.61. The van der Waals surface area contributed by atoms with Gasteiger partial charge >= 0.3 is 5.97 Å². The third-order valence-electron chi connectivity index (χ3n) is 3.02. The van der Waals surface area contributed by atoms with Crippen LogP contribution in [0.2, 0.25) is 0 Å². The highest BCUT2D eigenvalue weighted by atomic mass is 16.5. The van der Waals surface area contributed by atoms with Crippen molar-refractivity contribution in [3.63, 3.8) is 0 Å². The number of ether oxygens (including phenoxy) is 1. The van der Waals surface area contributed by atoms with Gasteiger partial charge in [-0.2, -0.15) is 0 Å². The number of carbonyl (C=O) groups excluding carboxylic acids is 3. The van der Waals surface area contributed by atoms with Crippen molar-refractivity contribution in [2.75, 3.05) is 5.32 Å². The van der Waals surface area contributed by atoms with Crippen molar-refractivity contribution in [1.82, 2.24) is 4.98 Å². The van der Waals surface area contributed by atoms with Gasteiger partial charge in [0.1, 0.15) is 5.69 Å². The molecule has 6 heteroatoms. The molecule has 0 fully saturated rings. The van der Waals surface area contributed by atoms with Gasteiger partial charge in [-0.1, -0.05) is 6.07 Å². The van der Waals surface area contributed by atoms with E-state index in [1.54, 1.807) is 36.4 Å².